The Kier molecular flexibility index (Phi) is 6.10. The highest BCUT2D eigenvalue weighted by Gasteiger charge is 2.35. The van der Waals surface area contributed by atoms with E-state index >= 15 is 0 Å². The number of benzene rings is 1. The zero-order valence-electron chi connectivity index (χ0n) is 19.3. The number of nitriles is 1. The number of amides is 1. The number of imidazole rings is 1. The number of aromatic amines is 1. The van der Waals surface area contributed by atoms with E-state index in [1.807, 2.05) is 12.1 Å². The summed E-state index contributed by atoms with van der Waals surface area (Å²) in [6, 6.07) is 8.81. The summed E-state index contributed by atoms with van der Waals surface area (Å²) in [5, 5.41) is 16.1. The fraction of sp³-hybridized carbons (Fsp3) is 0.500. The molecule has 1 fully saturated rings. The van der Waals surface area contributed by atoms with Gasteiger partial charge in [0.25, 0.3) is 5.91 Å². The third kappa shape index (κ3) is 4.43. The van der Waals surface area contributed by atoms with E-state index in [-0.39, 0.29) is 11.7 Å². The molecule has 1 heterocycles. The molecule has 0 saturated heterocycles. The Morgan fingerprint density at radius 1 is 1.19 bits per heavy atom. The molecule has 0 spiro atoms. The molecule has 2 aromatic rings. The average molecular weight is 432 g/mol. The number of hydrogen-bond acceptors (Lipinski definition) is 4. The molecule has 4 rings (SSSR count). The van der Waals surface area contributed by atoms with Crippen LogP contribution in [0, 0.1) is 16.7 Å². The van der Waals surface area contributed by atoms with Crippen LogP contribution in [0.5, 0.6) is 0 Å². The first-order valence-electron chi connectivity index (χ1n) is 11.7. The van der Waals surface area contributed by atoms with Crippen LogP contribution in [0.3, 0.4) is 0 Å². The lowest BCUT2D eigenvalue weighted by molar-refractivity contribution is 0.101. The van der Waals surface area contributed by atoms with Crippen molar-refractivity contribution in [3.8, 4) is 6.07 Å². The third-order valence-electron chi connectivity index (χ3n) is 7.12. The summed E-state index contributed by atoms with van der Waals surface area (Å²) < 4.78 is 0. The quantitative estimate of drug-likeness (QED) is 0.539. The molecule has 32 heavy (non-hydrogen) atoms. The lowest BCUT2D eigenvalue weighted by Gasteiger charge is -2.33. The van der Waals surface area contributed by atoms with Crippen LogP contribution in [-0.4, -0.2) is 22.9 Å². The van der Waals surface area contributed by atoms with Crippen LogP contribution in [0.25, 0.3) is 5.57 Å². The fourth-order valence-electron chi connectivity index (χ4n) is 4.90. The van der Waals surface area contributed by atoms with Crippen LogP contribution < -0.4 is 10.6 Å². The lowest BCUT2D eigenvalue weighted by Crippen LogP contribution is -2.27. The van der Waals surface area contributed by atoms with Gasteiger partial charge >= 0.3 is 0 Å². The Bertz CT molecular complexity index is 1070. The minimum Gasteiger partial charge on any atom is -0.373 e. The Hall–Kier alpha value is -3.07. The van der Waals surface area contributed by atoms with Crippen LogP contribution in [-0.2, 0) is 5.41 Å². The van der Waals surface area contributed by atoms with Crippen LogP contribution in [0.15, 0.2) is 30.5 Å². The molecule has 0 aliphatic heterocycles. The summed E-state index contributed by atoms with van der Waals surface area (Å²) in [5.41, 5.74) is 4.00. The second kappa shape index (κ2) is 8.82. The number of nitrogens with zero attached hydrogens (tertiary/aromatic N) is 2. The van der Waals surface area contributed by atoms with Crippen LogP contribution in [0.4, 0.5) is 11.5 Å². The molecule has 2 aliphatic carbocycles. The molecule has 0 atom stereocenters. The van der Waals surface area contributed by atoms with Crippen LogP contribution >= 0.6 is 0 Å². The molecule has 0 bridgehead atoms. The Balaban J connectivity index is 1.71. The number of aromatic nitrogens is 2. The van der Waals surface area contributed by atoms with E-state index < -0.39 is 5.41 Å². The predicted molar refractivity (Wildman–Crippen MR) is 129 cm³/mol. The summed E-state index contributed by atoms with van der Waals surface area (Å²) in [5.74, 6) is 0.685. The highest BCUT2D eigenvalue weighted by atomic mass is 16.2. The van der Waals surface area contributed by atoms with Gasteiger partial charge in [0.15, 0.2) is 5.82 Å². The van der Waals surface area contributed by atoms with Gasteiger partial charge in [-0.15, -0.1) is 0 Å². The molecule has 1 aromatic carbocycles. The van der Waals surface area contributed by atoms with Crippen molar-refractivity contribution in [1.82, 2.24) is 9.97 Å². The van der Waals surface area contributed by atoms with Crippen LogP contribution in [0.1, 0.15) is 87.0 Å². The maximum Gasteiger partial charge on any atom is 0.291 e. The average Bonchev–Trinajstić information content (AvgIpc) is 3.29. The molecular weight excluding hydrogens is 398 g/mol. The summed E-state index contributed by atoms with van der Waals surface area (Å²) in [6.07, 6.45) is 12.2. The highest BCUT2D eigenvalue weighted by molar-refractivity contribution is 6.03. The third-order valence-corrected chi connectivity index (χ3v) is 7.12. The predicted octanol–water partition coefficient (Wildman–Crippen LogP) is 6.02. The highest BCUT2D eigenvalue weighted by Crippen LogP contribution is 2.44. The number of H-pyrrole nitrogens is 1. The summed E-state index contributed by atoms with van der Waals surface area (Å²) in [4.78, 5) is 20.0. The second-order valence-electron chi connectivity index (χ2n) is 9.96. The van der Waals surface area contributed by atoms with Gasteiger partial charge in [-0.1, -0.05) is 45.3 Å². The minimum atomic E-state index is -0.424. The zero-order valence-corrected chi connectivity index (χ0v) is 19.3. The number of carbonyl (C=O) groups is 1. The van der Waals surface area contributed by atoms with E-state index in [1.54, 1.807) is 13.2 Å². The van der Waals surface area contributed by atoms with E-state index in [9.17, 15) is 10.1 Å². The van der Waals surface area contributed by atoms with Gasteiger partial charge in [-0.3, -0.25) is 4.79 Å². The van der Waals surface area contributed by atoms with Gasteiger partial charge in [-0.2, -0.15) is 5.26 Å². The number of hydrogen-bond donors (Lipinski definition) is 3. The molecule has 6 nitrogen and oxygen atoms in total. The molecule has 3 N–H and O–H groups in total. The number of carbonyl (C=O) groups excluding carboxylic acids is 1. The Morgan fingerprint density at radius 3 is 2.59 bits per heavy atom. The van der Waals surface area contributed by atoms with Gasteiger partial charge in [-0.25, -0.2) is 4.98 Å². The second-order valence-corrected chi connectivity index (χ2v) is 9.96. The zero-order chi connectivity index (χ0) is 22.8. The molecule has 1 amide bonds. The van der Waals surface area contributed by atoms with E-state index in [0.29, 0.717) is 11.2 Å². The van der Waals surface area contributed by atoms with E-state index in [0.717, 1.165) is 61.8 Å². The minimum absolute atomic E-state index is 0.268. The first-order chi connectivity index (χ1) is 15.4. The van der Waals surface area contributed by atoms with Crippen molar-refractivity contribution in [2.24, 2.45) is 5.41 Å². The largest absolute Gasteiger partial charge is 0.373 e. The maximum absolute atomic E-state index is 12.9. The fourth-order valence-corrected chi connectivity index (χ4v) is 4.90. The van der Waals surface area contributed by atoms with Crippen molar-refractivity contribution in [3.05, 3.63) is 47.4 Å². The lowest BCUT2D eigenvalue weighted by atomic mass is 9.69. The van der Waals surface area contributed by atoms with Gasteiger partial charge in [0.1, 0.15) is 5.82 Å². The van der Waals surface area contributed by atoms with Gasteiger partial charge in [0.05, 0.1) is 17.7 Å². The first-order valence-corrected chi connectivity index (χ1v) is 11.7. The van der Waals surface area contributed by atoms with Crippen molar-refractivity contribution >= 4 is 23.0 Å². The van der Waals surface area contributed by atoms with E-state index in [4.69, 9.17) is 0 Å². The van der Waals surface area contributed by atoms with Crippen molar-refractivity contribution in [3.63, 3.8) is 0 Å². The Labute approximate surface area is 190 Å². The standard InChI is InChI=1S/C26H33N5O/c1-25(2)13-9-18(10-14-25)20-15-19(26(17-27)11-5-4-6-12-26)7-8-21(20)30-24(32)23-29-16-22(28-3)31-23/h7-9,15-16,28H,4-6,10-14H2,1-3H3,(H,29,31)(H,30,32). The van der Waals surface area contributed by atoms with E-state index in [1.165, 1.54) is 12.0 Å². The molecule has 168 valence electrons. The van der Waals surface area contributed by atoms with Gasteiger partial charge < -0.3 is 15.6 Å². The van der Waals surface area contributed by atoms with Crippen LogP contribution in [0.2, 0.25) is 0 Å². The van der Waals surface area contributed by atoms with Crippen molar-refractivity contribution < 1.29 is 4.79 Å². The topological polar surface area (TPSA) is 93.6 Å². The number of nitrogens with one attached hydrogen (secondary N) is 3. The number of allylic oxidation sites excluding steroid dienone is 2. The monoisotopic (exact) mass is 431 g/mol. The molecule has 0 radical (unpaired) electrons. The molecule has 1 aromatic heterocycles. The first kappa shape index (κ1) is 22.1. The molecule has 0 unspecified atom stereocenters. The molecular formula is C26H33N5O. The number of rotatable bonds is 5. The number of anilines is 2. The molecule has 6 heteroatoms. The van der Waals surface area contributed by atoms with Gasteiger partial charge in [0.2, 0.25) is 0 Å². The van der Waals surface area contributed by atoms with Crippen molar-refractivity contribution in [2.45, 2.75) is 70.6 Å². The normalized spacial score (nSPS) is 19.5. The molecule has 1 saturated carbocycles. The smallest absolute Gasteiger partial charge is 0.291 e. The molecule has 2 aliphatic rings. The maximum atomic E-state index is 12.9. The van der Waals surface area contributed by atoms with Gasteiger partial charge in [0, 0.05) is 18.3 Å². The van der Waals surface area contributed by atoms with E-state index in [2.05, 4.69) is 52.7 Å². The summed E-state index contributed by atoms with van der Waals surface area (Å²) >= 11 is 0. The van der Waals surface area contributed by atoms with Gasteiger partial charge in [-0.05, 0) is 60.8 Å². The summed E-state index contributed by atoms with van der Waals surface area (Å²) in [6.45, 7) is 4.59. The van der Waals surface area contributed by atoms with Crippen molar-refractivity contribution in [1.29, 1.82) is 5.26 Å². The SMILES string of the molecule is CNc1cnc(C(=O)Nc2ccc(C3(C#N)CCCCC3)cc2C2=CCC(C)(C)CC2)[nH]1. The summed E-state index contributed by atoms with van der Waals surface area (Å²) in [7, 11) is 1.78. The van der Waals surface area contributed by atoms with Crippen molar-refractivity contribution in [2.75, 3.05) is 17.7 Å². The Morgan fingerprint density at radius 2 is 1.97 bits per heavy atom.